The third-order valence-electron chi connectivity index (χ3n) is 3.24. The molecule has 2 rings (SSSR count). The SMILES string of the molecule is CC(=O)Nc1cccc(N/C=C(/C#N)C(=O)Nc2ccc(C)cc2)c1. The number of rotatable bonds is 5. The average Bonchev–Trinajstić information content (AvgIpc) is 2.57. The number of nitrogens with zero attached hydrogens (tertiary/aromatic N) is 1. The van der Waals surface area contributed by atoms with Crippen LogP contribution in [-0.2, 0) is 9.59 Å². The van der Waals surface area contributed by atoms with E-state index in [1.807, 2.05) is 25.1 Å². The molecule has 6 heteroatoms. The van der Waals surface area contributed by atoms with Crippen molar-refractivity contribution in [3.63, 3.8) is 0 Å². The van der Waals surface area contributed by atoms with Crippen LogP contribution in [0.1, 0.15) is 12.5 Å². The zero-order valence-corrected chi connectivity index (χ0v) is 14.0. The Labute approximate surface area is 146 Å². The van der Waals surface area contributed by atoms with Crippen molar-refractivity contribution in [3.8, 4) is 6.07 Å². The van der Waals surface area contributed by atoms with Gasteiger partial charge >= 0.3 is 0 Å². The predicted molar refractivity (Wildman–Crippen MR) is 97.9 cm³/mol. The Morgan fingerprint density at radius 3 is 2.32 bits per heavy atom. The van der Waals surface area contributed by atoms with Crippen molar-refractivity contribution in [2.24, 2.45) is 0 Å². The van der Waals surface area contributed by atoms with Crippen LogP contribution in [0.4, 0.5) is 17.1 Å². The largest absolute Gasteiger partial charge is 0.360 e. The molecule has 0 bridgehead atoms. The number of hydrogen-bond donors (Lipinski definition) is 3. The third kappa shape index (κ3) is 5.52. The standard InChI is InChI=1S/C19H18N4O2/c1-13-6-8-16(9-7-13)23-19(25)15(11-20)12-21-17-4-3-5-18(10-17)22-14(2)24/h3-10,12,21H,1-2H3,(H,22,24)(H,23,25)/b15-12-. The van der Waals surface area contributed by atoms with Gasteiger partial charge in [0.25, 0.3) is 5.91 Å². The summed E-state index contributed by atoms with van der Waals surface area (Å²) in [5.74, 6) is -0.681. The molecule has 2 aromatic carbocycles. The van der Waals surface area contributed by atoms with Gasteiger partial charge in [-0.2, -0.15) is 5.26 Å². The summed E-state index contributed by atoms with van der Waals surface area (Å²) >= 11 is 0. The van der Waals surface area contributed by atoms with E-state index >= 15 is 0 Å². The summed E-state index contributed by atoms with van der Waals surface area (Å²) in [6.45, 7) is 3.37. The Morgan fingerprint density at radius 1 is 1.00 bits per heavy atom. The van der Waals surface area contributed by atoms with Gasteiger partial charge in [0.1, 0.15) is 11.6 Å². The van der Waals surface area contributed by atoms with E-state index in [2.05, 4.69) is 16.0 Å². The summed E-state index contributed by atoms with van der Waals surface area (Å²) in [6, 6.07) is 16.1. The van der Waals surface area contributed by atoms with Crippen LogP contribution in [0.3, 0.4) is 0 Å². The molecule has 0 aromatic heterocycles. The maximum absolute atomic E-state index is 12.2. The average molecular weight is 334 g/mol. The Balaban J connectivity index is 2.07. The third-order valence-corrected chi connectivity index (χ3v) is 3.24. The summed E-state index contributed by atoms with van der Waals surface area (Å²) in [6.07, 6.45) is 1.33. The minimum absolute atomic E-state index is 0.0643. The molecule has 0 fully saturated rings. The van der Waals surface area contributed by atoms with Gasteiger partial charge in [0.15, 0.2) is 0 Å². The van der Waals surface area contributed by atoms with Gasteiger partial charge in [0.2, 0.25) is 5.91 Å². The van der Waals surface area contributed by atoms with Crippen molar-refractivity contribution in [2.45, 2.75) is 13.8 Å². The van der Waals surface area contributed by atoms with Gasteiger partial charge in [-0.25, -0.2) is 0 Å². The van der Waals surface area contributed by atoms with Crippen molar-refractivity contribution in [3.05, 3.63) is 65.9 Å². The Bertz CT molecular complexity index is 848. The lowest BCUT2D eigenvalue weighted by Crippen LogP contribution is -2.14. The number of hydrogen-bond acceptors (Lipinski definition) is 4. The van der Waals surface area contributed by atoms with Crippen LogP contribution in [0.25, 0.3) is 0 Å². The van der Waals surface area contributed by atoms with Crippen LogP contribution in [0.5, 0.6) is 0 Å². The van der Waals surface area contributed by atoms with Crippen LogP contribution in [0, 0.1) is 18.3 Å². The first-order valence-corrected chi connectivity index (χ1v) is 7.60. The first-order chi connectivity index (χ1) is 12.0. The number of anilines is 3. The summed E-state index contributed by atoms with van der Waals surface area (Å²) in [4.78, 5) is 23.2. The summed E-state index contributed by atoms with van der Waals surface area (Å²) in [5, 5.41) is 17.4. The monoisotopic (exact) mass is 334 g/mol. The number of nitriles is 1. The molecule has 0 unspecified atom stereocenters. The van der Waals surface area contributed by atoms with Gasteiger partial charge in [0, 0.05) is 30.2 Å². The zero-order chi connectivity index (χ0) is 18.2. The lowest BCUT2D eigenvalue weighted by Gasteiger charge is -2.07. The molecule has 0 aliphatic carbocycles. The molecule has 2 aromatic rings. The van der Waals surface area contributed by atoms with Gasteiger partial charge in [0.05, 0.1) is 0 Å². The second kappa shape index (κ2) is 8.31. The van der Waals surface area contributed by atoms with E-state index in [1.165, 1.54) is 13.1 Å². The molecule has 0 spiro atoms. The second-order valence-corrected chi connectivity index (χ2v) is 5.40. The highest BCUT2D eigenvalue weighted by atomic mass is 16.2. The highest BCUT2D eigenvalue weighted by molar-refractivity contribution is 6.06. The first-order valence-electron chi connectivity index (χ1n) is 7.60. The van der Waals surface area contributed by atoms with Crippen LogP contribution < -0.4 is 16.0 Å². The van der Waals surface area contributed by atoms with E-state index in [1.54, 1.807) is 36.4 Å². The summed E-state index contributed by atoms with van der Waals surface area (Å²) < 4.78 is 0. The van der Waals surface area contributed by atoms with E-state index in [-0.39, 0.29) is 11.5 Å². The minimum atomic E-state index is -0.503. The fourth-order valence-corrected chi connectivity index (χ4v) is 2.03. The number of carbonyl (C=O) groups is 2. The number of aryl methyl sites for hydroxylation is 1. The fourth-order valence-electron chi connectivity index (χ4n) is 2.03. The molecule has 126 valence electrons. The highest BCUT2D eigenvalue weighted by Gasteiger charge is 2.09. The van der Waals surface area contributed by atoms with E-state index in [9.17, 15) is 14.9 Å². The molecule has 0 heterocycles. The highest BCUT2D eigenvalue weighted by Crippen LogP contribution is 2.16. The van der Waals surface area contributed by atoms with Gasteiger partial charge in [-0.05, 0) is 37.3 Å². The lowest BCUT2D eigenvalue weighted by molar-refractivity contribution is -0.114. The molecule has 0 radical (unpaired) electrons. The van der Waals surface area contributed by atoms with Gasteiger partial charge < -0.3 is 16.0 Å². The van der Waals surface area contributed by atoms with Crippen molar-refractivity contribution in [1.82, 2.24) is 0 Å². The van der Waals surface area contributed by atoms with Crippen LogP contribution >= 0.6 is 0 Å². The Hall–Kier alpha value is -3.59. The molecule has 0 saturated carbocycles. The molecular weight excluding hydrogens is 316 g/mol. The molecule has 3 N–H and O–H groups in total. The quantitative estimate of drug-likeness (QED) is 0.577. The second-order valence-electron chi connectivity index (χ2n) is 5.40. The van der Waals surface area contributed by atoms with E-state index < -0.39 is 5.91 Å². The molecule has 2 amide bonds. The van der Waals surface area contributed by atoms with Crippen LogP contribution in [0.15, 0.2) is 60.3 Å². The molecular formula is C19H18N4O2. The molecule has 0 aliphatic rings. The van der Waals surface area contributed by atoms with Crippen LogP contribution in [-0.4, -0.2) is 11.8 Å². The van der Waals surface area contributed by atoms with E-state index in [0.717, 1.165) is 5.56 Å². The van der Waals surface area contributed by atoms with Crippen molar-refractivity contribution in [1.29, 1.82) is 5.26 Å². The normalized spacial score (nSPS) is 10.5. The summed E-state index contributed by atoms with van der Waals surface area (Å²) in [7, 11) is 0. The Morgan fingerprint density at radius 2 is 1.68 bits per heavy atom. The lowest BCUT2D eigenvalue weighted by atomic mass is 10.2. The summed E-state index contributed by atoms with van der Waals surface area (Å²) in [5.41, 5.74) is 2.89. The van der Waals surface area contributed by atoms with Gasteiger partial charge in [-0.15, -0.1) is 0 Å². The molecule has 0 atom stereocenters. The van der Waals surface area contributed by atoms with Crippen molar-refractivity contribution >= 4 is 28.9 Å². The molecule has 0 aliphatic heterocycles. The Kier molecular flexibility index (Phi) is 5.91. The van der Waals surface area contributed by atoms with E-state index in [0.29, 0.717) is 17.1 Å². The predicted octanol–water partition coefficient (Wildman–Crippen LogP) is 3.41. The van der Waals surface area contributed by atoms with Gasteiger partial charge in [-0.1, -0.05) is 23.8 Å². The topological polar surface area (TPSA) is 94.0 Å². The van der Waals surface area contributed by atoms with E-state index in [4.69, 9.17) is 0 Å². The maximum Gasteiger partial charge on any atom is 0.267 e. The van der Waals surface area contributed by atoms with Crippen LogP contribution in [0.2, 0.25) is 0 Å². The molecule has 0 saturated heterocycles. The number of amides is 2. The fraction of sp³-hybridized carbons (Fsp3) is 0.105. The smallest absolute Gasteiger partial charge is 0.267 e. The first kappa shape index (κ1) is 17.8. The maximum atomic E-state index is 12.2. The van der Waals surface area contributed by atoms with Crippen molar-refractivity contribution < 1.29 is 9.59 Å². The molecule has 25 heavy (non-hydrogen) atoms. The number of carbonyl (C=O) groups excluding carboxylic acids is 2. The minimum Gasteiger partial charge on any atom is -0.360 e. The molecule has 6 nitrogen and oxygen atoms in total. The van der Waals surface area contributed by atoms with Gasteiger partial charge in [-0.3, -0.25) is 9.59 Å². The number of nitrogens with one attached hydrogen (secondary N) is 3. The zero-order valence-electron chi connectivity index (χ0n) is 14.0. The van der Waals surface area contributed by atoms with Crippen molar-refractivity contribution in [2.75, 3.05) is 16.0 Å². The number of benzene rings is 2.